The molecule has 0 saturated heterocycles. The molecule has 28 heavy (non-hydrogen) atoms. The summed E-state index contributed by atoms with van der Waals surface area (Å²) >= 11 is 5.77. The van der Waals surface area contributed by atoms with Crippen LogP contribution in [0.15, 0.2) is 54.2 Å². The average Bonchev–Trinajstić information content (AvgIpc) is 3.10. The van der Waals surface area contributed by atoms with E-state index in [-0.39, 0.29) is 16.3 Å². The molecule has 1 heterocycles. The number of hydrogen-bond acceptors (Lipinski definition) is 4. The monoisotopic (exact) mass is 394 g/mol. The SMILES string of the molecule is N#CC(=Cc1ccc(Cl)c([N+](=O)[O-])c1)C(=O)NCCc1c[nH]c2ccccc12. The van der Waals surface area contributed by atoms with E-state index in [4.69, 9.17) is 11.6 Å². The van der Waals surface area contributed by atoms with Gasteiger partial charge in [-0.1, -0.05) is 35.9 Å². The molecule has 0 bridgehead atoms. The highest BCUT2D eigenvalue weighted by Gasteiger charge is 2.14. The van der Waals surface area contributed by atoms with Crippen LogP contribution in [0.4, 0.5) is 5.69 Å². The number of nitro groups is 1. The van der Waals surface area contributed by atoms with Crippen molar-refractivity contribution in [2.45, 2.75) is 6.42 Å². The zero-order valence-electron chi connectivity index (χ0n) is 14.6. The Labute approximate surface area is 165 Å². The van der Waals surface area contributed by atoms with Gasteiger partial charge in [-0.15, -0.1) is 0 Å². The summed E-state index contributed by atoms with van der Waals surface area (Å²) in [6.45, 7) is 0.348. The quantitative estimate of drug-likeness (QED) is 0.285. The molecule has 0 aliphatic rings. The predicted molar refractivity (Wildman–Crippen MR) is 107 cm³/mol. The van der Waals surface area contributed by atoms with Crippen LogP contribution >= 0.6 is 11.6 Å². The van der Waals surface area contributed by atoms with Crippen LogP contribution < -0.4 is 5.32 Å². The molecule has 1 aromatic heterocycles. The van der Waals surface area contributed by atoms with Gasteiger partial charge in [0, 0.05) is 29.7 Å². The number of rotatable bonds is 6. The smallest absolute Gasteiger partial charge is 0.288 e. The van der Waals surface area contributed by atoms with Crippen LogP contribution in [0.25, 0.3) is 17.0 Å². The summed E-state index contributed by atoms with van der Waals surface area (Å²) in [5.41, 5.74) is 2.00. The number of amides is 1. The molecule has 0 saturated carbocycles. The molecular formula is C20H15ClN4O3. The number of para-hydroxylation sites is 1. The van der Waals surface area contributed by atoms with Crippen LogP contribution in [0.2, 0.25) is 5.02 Å². The van der Waals surface area contributed by atoms with Gasteiger partial charge in [0.2, 0.25) is 0 Å². The molecule has 0 unspecified atom stereocenters. The molecule has 2 N–H and O–H groups in total. The van der Waals surface area contributed by atoms with Crippen molar-refractivity contribution in [3.8, 4) is 6.07 Å². The van der Waals surface area contributed by atoms with Gasteiger partial charge in [0.25, 0.3) is 11.6 Å². The molecule has 3 aromatic rings. The molecule has 7 nitrogen and oxygen atoms in total. The highest BCUT2D eigenvalue weighted by molar-refractivity contribution is 6.32. The Bertz CT molecular complexity index is 1130. The molecule has 140 valence electrons. The lowest BCUT2D eigenvalue weighted by Gasteiger charge is -2.04. The van der Waals surface area contributed by atoms with Crippen molar-refractivity contribution in [2.75, 3.05) is 6.54 Å². The van der Waals surface area contributed by atoms with Gasteiger partial charge in [0.1, 0.15) is 16.7 Å². The Morgan fingerprint density at radius 2 is 2.11 bits per heavy atom. The van der Waals surface area contributed by atoms with Crippen molar-refractivity contribution in [1.82, 2.24) is 10.3 Å². The van der Waals surface area contributed by atoms with Gasteiger partial charge < -0.3 is 10.3 Å². The van der Waals surface area contributed by atoms with Crippen LogP contribution in [0, 0.1) is 21.4 Å². The fraction of sp³-hybridized carbons (Fsp3) is 0.100. The number of carbonyl (C=O) groups excluding carboxylic acids is 1. The second kappa shape index (κ2) is 8.37. The molecule has 0 spiro atoms. The van der Waals surface area contributed by atoms with Gasteiger partial charge in [-0.25, -0.2) is 0 Å². The first-order valence-electron chi connectivity index (χ1n) is 8.38. The number of nitro benzene ring substituents is 1. The molecule has 0 aliphatic heterocycles. The van der Waals surface area contributed by atoms with Crippen LogP contribution in [0.3, 0.4) is 0 Å². The highest BCUT2D eigenvalue weighted by Crippen LogP contribution is 2.26. The maximum Gasteiger partial charge on any atom is 0.288 e. The Hall–Kier alpha value is -3.63. The average molecular weight is 395 g/mol. The van der Waals surface area contributed by atoms with Gasteiger partial charge in [0.15, 0.2) is 0 Å². The van der Waals surface area contributed by atoms with Crippen LogP contribution in [-0.4, -0.2) is 22.4 Å². The van der Waals surface area contributed by atoms with E-state index in [0.29, 0.717) is 18.5 Å². The number of nitrogens with zero attached hydrogens (tertiary/aromatic N) is 2. The van der Waals surface area contributed by atoms with Crippen molar-refractivity contribution in [3.63, 3.8) is 0 Å². The standard InChI is InChI=1S/C20H15ClN4O3/c21-17-6-5-13(10-19(17)25(27)28)9-15(11-22)20(26)23-8-7-14-12-24-18-4-2-1-3-16(14)18/h1-6,9-10,12,24H,7-8H2,(H,23,26). The molecule has 0 fully saturated rings. The Morgan fingerprint density at radius 1 is 1.32 bits per heavy atom. The Balaban J connectivity index is 1.68. The van der Waals surface area contributed by atoms with Crippen molar-refractivity contribution >= 4 is 40.2 Å². The Morgan fingerprint density at radius 3 is 2.86 bits per heavy atom. The fourth-order valence-corrected chi connectivity index (χ4v) is 3.01. The number of halogens is 1. The third kappa shape index (κ3) is 4.19. The number of H-pyrrole nitrogens is 1. The van der Waals surface area contributed by atoms with Gasteiger partial charge >= 0.3 is 0 Å². The first-order valence-corrected chi connectivity index (χ1v) is 8.76. The molecular weight excluding hydrogens is 380 g/mol. The summed E-state index contributed by atoms with van der Waals surface area (Å²) in [4.78, 5) is 25.8. The minimum absolute atomic E-state index is 0.0103. The first kappa shape index (κ1) is 19.1. The topological polar surface area (TPSA) is 112 Å². The summed E-state index contributed by atoms with van der Waals surface area (Å²) in [7, 11) is 0. The summed E-state index contributed by atoms with van der Waals surface area (Å²) in [6, 6.07) is 13.8. The number of carbonyl (C=O) groups is 1. The van der Waals surface area contributed by atoms with Gasteiger partial charge in [-0.3, -0.25) is 14.9 Å². The van der Waals surface area contributed by atoms with Crippen LogP contribution in [0.5, 0.6) is 0 Å². The Kier molecular flexibility index (Phi) is 5.72. The van der Waals surface area contributed by atoms with Crippen molar-refractivity contribution < 1.29 is 9.72 Å². The minimum Gasteiger partial charge on any atom is -0.361 e. The third-order valence-corrected chi connectivity index (χ3v) is 4.52. The number of fused-ring (bicyclic) bond motifs is 1. The lowest BCUT2D eigenvalue weighted by Crippen LogP contribution is -2.26. The number of benzene rings is 2. The van der Waals surface area contributed by atoms with E-state index in [0.717, 1.165) is 16.5 Å². The van der Waals surface area contributed by atoms with Crippen LogP contribution in [0.1, 0.15) is 11.1 Å². The molecule has 1 amide bonds. The van der Waals surface area contributed by atoms with E-state index in [2.05, 4.69) is 10.3 Å². The van der Waals surface area contributed by atoms with Gasteiger partial charge in [-0.2, -0.15) is 5.26 Å². The van der Waals surface area contributed by atoms with E-state index in [9.17, 15) is 20.2 Å². The molecule has 0 atom stereocenters. The zero-order chi connectivity index (χ0) is 20.1. The molecule has 0 aliphatic carbocycles. The number of aromatic amines is 1. The lowest BCUT2D eigenvalue weighted by atomic mass is 10.1. The summed E-state index contributed by atoms with van der Waals surface area (Å²) < 4.78 is 0. The van der Waals surface area contributed by atoms with E-state index in [1.807, 2.05) is 36.5 Å². The van der Waals surface area contributed by atoms with Gasteiger partial charge in [-0.05, 0) is 35.8 Å². The molecule has 2 aromatic carbocycles. The van der Waals surface area contributed by atoms with E-state index in [1.165, 1.54) is 24.3 Å². The minimum atomic E-state index is -0.618. The third-order valence-electron chi connectivity index (χ3n) is 4.20. The molecule has 0 radical (unpaired) electrons. The first-order chi connectivity index (χ1) is 13.5. The van der Waals surface area contributed by atoms with Crippen molar-refractivity contribution in [1.29, 1.82) is 5.26 Å². The fourth-order valence-electron chi connectivity index (χ4n) is 2.82. The number of hydrogen-bond donors (Lipinski definition) is 2. The van der Waals surface area contributed by atoms with Crippen molar-refractivity contribution in [3.05, 3.63) is 80.5 Å². The zero-order valence-corrected chi connectivity index (χ0v) is 15.4. The van der Waals surface area contributed by atoms with Crippen LogP contribution in [-0.2, 0) is 11.2 Å². The maximum absolute atomic E-state index is 12.3. The lowest BCUT2D eigenvalue weighted by molar-refractivity contribution is -0.384. The second-order valence-corrected chi connectivity index (χ2v) is 6.41. The number of aromatic nitrogens is 1. The summed E-state index contributed by atoms with van der Waals surface area (Å²) in [5, 5.41) is 24.0. The van der Waals surface area contributed by atoms with Crippen molar-refractivity contribution in [2.24, 2.45) is 0 Å². The summed E-state index contributed by atoms with van der Waals surface area (Å²) in [6.07, 6.45) is 3.79. The largest absolute Gasteiger partial charge is 0.361 e. The second-order valence-electron chi connectivity index (χ2n) is 6.00. The van der Waals surface area contributed by atoms with E-state index in [1.54, 1.807) is 0 Å². The normalized spacial score (nSPS) is 11.2. The van der Waals surface area contributed by atoms with Gasteiger partial charge in [0.05, 0.1) is 4.92 Å². The molecule has 8 heteroatoms. The van der Waals surface area contributed by atoms with E-state index >= 15 is 0 Å². The summed E-state index contributed by atoms with van der Waals surface area (Å²) in [5.74, 6) is -0.542. The predicted octanol–water partition coefficient (Wildman–Crippen LogP) is 4.00. The van der Waals surface area contributed by atoms with E-state index < -0.39 is 10.8 Å². The number of nitriles is 1. The molecule has 3 rings (SSSR count). The highest BCUT2D eigenvalue weighted by atomic mass is 35.5. The number of nitrogens with one attached hydrogen (secondary N) is 2. The maximum atomic E-state index is 12.3.